The minimum absolute atomic E-state index is 0.0149. The summed E-state index contributed by atoms with van der Waals surface area (Å²) >= 11 is 7.35. The number of thioether (sulfide) groups is 1. The number of amides is 1. The molecule has 0 atom stereocenters. The van der Waals surface area contributed by atoms with E-state index in [0.29, 0.717) is 16.0 Å². The minimum atomic E-state index is 0.0149. The molecule has 0 unspecified atom stereocenters. The van der Waals surface area contributed by atoms with Crippen LogP contribution in [0.4, 0.5) is 0 Å². The normalized spacial score (nSPS) is 10.7. The first kappa shape index (κ1) is 17.4. The number of carbonyl (C=O) groups is 1. The number of halogens is 1. The van der Waals surface area contributed by atoms with Gasteiger partial charge in [0.1, 0.15) is 0 Å². The summed E-state index contributed by atoms with van der Waals surface area (Å²) in [5, 5.41) is 9.88. The van der Waals surface area contributed by atoms with E-state index in [9.17, 15) is 4.79 Å². The van der Waals surface area contributed by atoms with Gasteiger partial charge in [-0.15, -0.1) is 10.2 Å². The Bertz CT molecular complexity index is 865. The first-order valence-electron chi connectivity index (χ1n) is 7.51. The molecule has 0 N–H and O–H groups in total. The summed E-state index contributed by atoms with van der Waals surface area (Å²) in [6.07, 6.45) is 3.41. The molecule has 1 aromatic carbocycles. The molecule has 0 radical (unpaired) electrons. The van der Waals surface area contributed by atoms with Gasteiger partial charge in [0.25, 0.3) is 0 Å². The second kappa shape index (κ2) is 7.67. The van der Waals surface area contributed by atoms with Gasteiger partial charge >= 0.3 is 0 Å². The Balaban J connectivity index is 2.02. The van der Waals surface area contributed by atoms with Gasteiger partial charge in [-0.05, 0) is 36.4 Å². The largest absolute Gasteiger partial charge is 0.348 e. The van der Waals surface area contributed by atoms with Crippen LogP contribution in [0.25, 0.3) is 17.1 Å². The van der Waals surface area contributed by atoms with Crippen molar-refractivity contribution in [2.24, 2.45) is 0 Å². The number of benzene rings is 1. The number of hydrogen-bond donors (Lipinski definition) is 0. The average molecular weight is 374 g/mol. The highest BCUT2D eigenvalue weighted by Gasteiger charge is 2.17. The zero-order valence-corrected chi connectivity index (χ0v) is 15.3. The highest BCUT2D eigenvalue weighted by atomic mass is 35.5. The number of hydrogen-bond acceptors (Lipinski definition) is 5. The van der Waals surface area contributed by atoms with Gasteiger partial charge in [-0.25, -0.2) is 0 Å². The van der Waals surface area contributed by atoms with Crippen LogP contribution >= 0.6 is 23.4 Å². The quantitative estimate of drug-likeness (QED) is 0.643. The summed E-state index contributed by atoms with van der Waals surface area (Å²) in [6.45, 7) is 0. The second-order valence-corrected chi connectivity index (χ2v) is 6.81. The zero-order valence-electron chi connectivity index (χ0n) is 13.8. The first-order chi connectivity index (χ1) is 12.1. The van der Waals surface area contributed by atoms with Gasteiger partial charge in [-0.2, -0.15) is 0 Å². The molecule has 0 bridgehead atoms. The van der Waals surface area contributed by atoms with Gasteiger partial charge in [0.15, 0.2) is 11.0 Å². The fourth-order valence-corrected chi connectivity index (χ4v) is 3.19. The standard InChI is InChI=1S/C17H16ClN5OS/c1-22(2)15(24)11-25-17-21-20-16(12-7-9-19-10-8-12)23(17)14-5-3-13(18)4-6-14/h3-10H,11H2,1-2H3. The molecule has 2 aromatic heterocycles. The van der Waals surface area contributed by atoms with Crippen LogP contribution in [0.15, 0.2) is 53.9 Å². The maximum atomic E-state index is 11.9. The molecule has 3 rings (SSSR count). The lowest BCUT2D eigenvalue weighted by Crippen LogP contribution is -2.23. The molecule has 0 aliphatic carbocycles. The minimum Gasteiger partial charge on any atom is -0.348 e. The van der Waals surface area contributed by atoms with Gasteiger partial charge in [0, 0.05) is 42.8 Å². The van der Waals surface area contributed by atoms with Gasteiger partial charge in [-0.1, -0.05) is 23.4 Å². The summed E-state index contributed by atoms with van der Waals surface area (Å²) in [5.74, 6) is 0.986. The summed E-state index contributed by atoms with van der Waals surface area (Å²) in [6, 6.07) is 11.2. The maximum absolute atomic E-state index is 11.9. The third-order valence-corrected chi connectivity index (χ3v) is 4.65. The summed E-state index contributed by atoms with van der Waals surface area (Å²) in [5.41, 5.74) is 1.77. The maximum Gasteiger partial charge on any atom is 0.232 e. The number of carbonyl (C=O) groups excluding carboxylic acids is 1. The molecule has 1 amide bonds. The van der Waals surface area contributed by atoms with Crippen molar-refractivity contribution in [2.45, 2.75) is 5.16 Å². The van der Waals surface area contributed by atoms with Crippen LogP contribution in [0.5, 0.6) is 0 Å². The topological polar surface area (TPSA) is 63.9 Å². The van der Waals surface area contributed by atoms with Gasteiger partial charge in [0.2, 0.25) is 5.91 Å². The van der Waals surface area contributed by atoms with Crippen LogP contribution in [0, 0.1) is 0 Å². The van der Waals surface area contributed by atoms with Crippen molar-refractivity contribution in [3.63, 3.8) is 0 Å². The Morgan fingerprint density at radius 1 is 1.12 bits per heavy atom. The molecule has 3 aromatic rings. The van der Waals surface area contributed by atoms with Gasteiger partial charge in [0.05, 0.1) is 5.75 Å². The Hall–Kier alpha value is -2.38. The lowest BCUT2D eigenvalue weighted by molar-refractivity contribution is -0.125. The predicted octanol–water partition coefficient (Wildman–Crippen LogP) is 3.16. The number of aromatic nitrogens is 4. The van der Waals surface area contributed by atoms with Crippen molar-refractivity contribution in [1.29, 1.82) is 0 Å². The van der Waals surface area contributed by atoms with Crippen LogP contribution in [0.2, 0.25) is 5.02 Å². The molecule has 0 aliphatic rings. The lowest BCUT2D eigenvalue weighted by atomic mass is 10.2. The fourth-order valence-electron chi connectivity index (χ4n) is 2.13. The van der Waals surface area contributed by atoms with Crippen LogP contribution in [0.3, 0.4) is 0 Å². The molecular weight excluding hydrogens is 358 g/mol. The van der Waals surface area contributed by atoms with Crippen molar-refractivity contribution < 1.29 is 4.79 Å². The van der Waals surface area contributed by atoms with Crippen molar-refractivity contribution in [2.75, 3.05) is 19.8 Å². The zero-order chi connectivity index (χ0) is 17.8. The van der Waals surface area contributed by atoms with Crippen molar-refractivity contribution in [3.8, 4) is 17.1 Å². The van der Waals surface area contributed by atoms with Crippen LogP contribution in [0.1, 0.15) is 0 Å². The molecule has 0 aliphatic heterocycles. The summed E-state index contributed by atoms with van der Waals surface area (Å²) in [4.78, 5) is 17.5. The second-order valence-electron chi connectivity index (χ2n) is 5.43. The first-order valence-corrected chi connectivity index (χ1v) is 8.87. The van der Waals surface area contributed by atoms with E-state index in [0.717, 1.165) is 11.3 Å². The van der Waals surface area contributed by atoms with Crippen molar-refractivity contribution in [3.05, 3.63) is 53.8 Å². The lowest BCUT2D eigenvalue weighted by Gasteiger charge is -2.12. The van der Waals surface area contributed by atoms with E-state index in [1.807, 2.05) is 41.0 Å². The highest BCUT2D eigenvalue weighted by Crippen LogP contribution is 2.28. The van der Waals surface area contributed by atoms with Crippen LogP contribution in [-0.2, 0) is 4.79 Å². The Morgan fingerprint density at radius 3 is 2.44 bits per heavy atom. The van der Waals surface area contributed by atoms with E-state index in [1.165, 1.54) is 11.8 Å². The number of rotatable bonds is 5. The third kappa shape index (κ3) is 4.00. The average Bonchev–Trinajstić information content (AvgIpc) is 3.05. The molecule has 6 nitrogen and oxygen atoms in total. The Labute approximate surface area is 154 Å². The van der Waals surface area contributed by atoms with Gasteiger partial charge < -0.3 is 4.90 Å². The Morgan fingerprint density at radius 2 is 1.80 bits per heavy atom. The molecule has 8 heteroatoms. The van der Waals surface area contributed by atoms with Gasteiger partial charge in [-0.3, -0.25) is 14.3 Å². The fraction of sp³-hybridized carbons (Fsp3) is 0.176. The molecular formula is C17H16ClN5OS. The summed E-state index contributed by atoms with van der Waals surface area (Å²) in [7, 11) is 3.46. The van der Waals surface area contributed by atoms with E-state index in [-0.39, 0.29) is 11.7 Å². The van der Waals surface area contributed by atoms with E-state index in [4.69, 9.17) is 11.6 Å². The van der Waals surface area contributed by atoms with E-state index in [1.54, 1.807) is 31.4 Å². The molecule has 0 saturated heterocycles. The third-order valence-electron chi connectivity index (χ3n) is 3.48. The molecule has 0 saturated carbocycles. The predicted molar refractivity (Wildman–Crippen MR) is 99.0 cm³/mol. The van der Waals surface area contributed by atoms with E-state index >= 15 is 0 Å². The highest BCUT2D eigenvalue weighted by molar-refractivity contribution is 7.99. The molecule has 2 heterocycles. The molecule has 25 heavy (non-hydrogen) atoms. The Kier molecular flexibility index (Phi) is 5.35. The monoisotopic (exact) mass is 373 g/mol. The molecule has 0 spiro atoms. The van der Waals surface area contributed by atoms with E-state index in [2.05, 4.69) is 15.2 Å². The molecule has 128 valence electrons. The van der Waals surface area contributed by atoms with Crippen LogP contribution in [-0.4, -0.2) is 50.4 Å². The van der Waals surface area contributed by atoms with E-state index < -0.39 is 0 Å². The van der Waals surface area contributed by atoms with Crippen molar-refractivity contribution in [1.82, 2.24) is 24.6 Å². The summed E-state index contributed by atoms with van der Waals surface area (Å²) < 4.78 is 1.92. The van der Waals surface area contributed by atoms with Crippen LogP contribution < -0.4 is 0 Å². The molecule has 0 fully saturated rings. The number of pyridine rings is 1. The van der Waals surface area contributed by atoms with Crippen molar-refractivity contribution >= 4 is 29.3 Å². The SMILES string of the molecule is CN(C)C(=O)CSc1nnc(-c2ccncc2)n1-c1ccc(Cl)cc1. The number of nitrogens with zero attached hydrogens (tertiary/aromatic N) is 5. The smallest absolute Gasteiger partial charge is 0.232 e.